The monoisotopic (exact) mass is 270 g/mol. The predicted octanol–water partition coefficient (Wildman–Crippen LogP) is 2.29. The van der Waals surface area contributed by atoms with Gasteiger partial charge >= 0.3 is 0 Å². The Balaban J connectivity index is 2.92. The molecule has 1 aromatic rings. The first kappa shape index (κ1) is 15.0. The summed E-state index contributed by atoms with van der Waals surface area (Å²) in [6, 6.07) is 4.77. The smallest absolute Gasteiger partial charge is 0.240 e. The lowest BCUT2D eigenvalue weighted by Crippen LogP contribution is -2.33. The Morgan fingerprint density at radius 1 is 1.22 bits per heavy atom. The molecule has 0 amide bonds. The Labute approximate surface area is 110 Å². The molecule has 1 aromatic carbocycles. The largest absolute Gasteiger partial charge is 0.399 e. The summed E-state index contributed by atoms with van der Waals surface area (Å²) in [5.41, 5.74) is 6.98. The third-order valence-electron chi connectivity index (χ3n) is 2.56. The summed E-state index contributed by atoms with van der Waals surface area (Å²) in [5.74, 6) is 0.449. The highest BCUT2D eigenvalue weighted by molar-refractivity contribution is 7.89. The summed E-state index contributed by atoms with van der Waals surface area (Å²) in [7, 11) is -3.48. The molecule has 1 rings (SSSR count). The molecule has 0 fully saturated rings. The van der Waals surface area contributed by atoms with Crippen molar-refractivity contribution in [3.8, 4) is 0 Å². The molecule has 0 aromatic heterocycles. The fourth-order valence-corrected chi connectivity index (χ4v) is 3.41. The number of nitrogens with two attached hydrogens (primary N) is 1. The zero-order valence-corrected chi connectivity index (χ0v) is 12.2. The normalized spacial score (nSPS) is 13.8. The van der Waals surface area contributed by atoms with Crippen molar-refractivity contribution in [1.29, 1.82) is 0 Å². The van der Waals surface area contributed by atoms with Crippen LogP contribution in [0.2, 0.25) is 0 Å². The summed E-state index contributed by atoms with van der Waals surface area (Å²) in [4.78, 5) is 0.232. The summed E-state index contributed by atoms with van der Waals surface area (Å²) >= 11 is 0. The van der Waals surface area contributed by atoms with Crippen LogP contribution < -0.4 is 10.5 Å². The molecule has 5 heteroatoms. The maximum atomic E-state index is 12.2. The Bertz CT molecular complexity index is 489. The highest BCUT2D eigenvalue weighted by Gasteiger charge is 2.18. The first-order valence-electron chi connectivity index (χ1n) is 6.10. The number of sulfonamides is 1. The van der Waals surface area contributed by atoms with Gasteiger partial charge in [0.05, 0.1) is 4.90 Å². The van der Waals surface area contributed by atoms with E-state index in [0.29, 0.717) is 11.6 Å². The van der Waals surface area contributed by atoms with Gasteiger partial charge in [-0.1, -0.05) is 13.8 Å². The van der Waals surface area contributed by atoms with E-state index in [1.807, 2.05) is 13.8 Å². The molecule has 1 unspecified atom stereocenters. The lowest BCUT2D eigenvalue weighted by Gasteiger charge is -2.16. The number of hydrogen-bond donors (Lipinski definition) is 2. The molecule has 0 spiro atoms. The Hall–Kier alpha value is -1.07. The minimum Gasteiger partial charge on any atom is -0.399 e. The molecule has 102 valence electrons. The summed E-state index contributed by atoms with van der Waals surface area (Å²) in [6.45, 7) is 7.83. The highest BCUT2D eigenvalue weighted by atomic mass is 32.2. The fraction of sp³-hybridized carbons (Fsp3) is 0.538. The van der Waals surface area contributed by atoms with Gasteiger partial charge in [0.15, 0.2) is 0 Å². The van der Waals surface area contributed by atoms with Crippen molar-refractivity contribution < 1.29 is 8.42 Å². The van der Waals surface area contributed by atoms with Crippen LogP contribution in [0.1, 0.15) is 32.8 Å². The molecule has 0 saturated carbocycles. The minimum atomic E-state index is -3.48. The van der Waals surface area contributed by atoms with Gasteiger partial charge in [-0.25, -0.2) is 13.1 Å². The maximum Gasteiger partial charge on any atom is 0.240 e. The number of nitrogens with one attached hydrogen (secondary N) is 1. The second-order valence-electron chi connectivity index (χ2n) is 5.23. The van der Waals surface area contributed by atoms with Gasteiger partial charge in [-0.3, -0.25) is 0 Å². The quantitative estimate of drug-likeness (QED) is 0.806. The number of rotatable bonds is 5. The standard InChI is InChI=1S/C13H22N2O2S/c1-9(2)5-11(4)15-18(16,17)13-7-10(3)6-12(14)8-13/h6-9,11,15H,5,14H2,1-4H3. The molecule has 18 heavy (non-hydrogen) atoms. The van der Waals surface area contributed by atoms with Crippen LogP contribution in [0.4, 0.5) is 5.69 Å². The zero-order chi connectivity index (χ0) is 13.9. The van der Waals surface area contributed by atoms with Crippen LogP contribution in [-0.4, -0.2) is 14.5 Å². The third-order valence-corrected chi connectivity index (χ3v) is 4.13. The van der Waals surface area contributed by atoms with Gasteiger partial charge in [-0.05, 0) is 49.9 Å². The van der Waals surface area contributed by atoms with Crippen LogP contribution >= 0.6 is 0 Å². The van der Waals surface area contributed by atoms with E-state index in [9.17, 15) is 8.42 Å². The van der Waals surface area contributed by atoms with Crippen molar-refractivity contribution in [1.82, 2.24) is 4.72 Å². The third kappa shape index (κ3) is 4.31. The molecule has 0 bridgehead atoms. The van der Waals surface area contributed by atoms with Gasteiger partial charge in [0.2, 0.25) is 10.0 Å². The second kappa shape index (κ2) is 5.71. The number of benzene rings is 1. The lowest BCUT2D eigenvalue weighted by molar-refractivity contribution is 0.482. The number of hydrogen-bond acceptors (Lipinski definition) is 3. The molecule has 0 radical (unpaired) electrons. The van der Waals surface area contributed by atoms with Gasteiger partial charge in [0.25, 0.3) is 0 Å². The number of nitrogen functional groups attached to an aromatic ring is 1. The molecule has 0 aliphatic rings. The van der Waals surface area contributed by atoms with Gasteiger partial charge in [0.1, 0.15) is 0 Å². The summed E-state index contributed by atoms with van der Waals surface area (Å²) < 4.78 is 27.0. The Kier molecular flexibility index (Phi) is 4.76. The van der Waals surface area contributed by atoms with Crippen molar-refractivity contribution in [3.05, 3.63) is 23.8 Å². The zero-order valence-electron chi connectivity index (χ0n) is 11.4. The van der Waals surface area contributed by atoms with Crippen molar-refractivity contribution in [2.24, 2.45) is 5.92 Å². The summed E-state index contributed by atoms with van der Waals surface area (Å²) in [5, 5.41) is 0. The van der Waals surface area contributed by atoms with Crippen LogP contribution in [-0.2, 0) is 10.0 Å². The topological polar surface area (TPSA) is 72.2 Å². The lowest BCUT2D eigenvalue weighted by atomic mass is 10.1. The van der Waals surface area contributed by atoms with E-state index in [4.69, 9.17) is 5.73 Å². The molecular weight excluding hydrogens is 248 g/mol. The first-order chi connectivity index (χ1) is 8.20. The van der Waals surface area contributed by atoms with Crippen molar-refractivity contribution >= 4 is 15.7 Å². The average Bonchev–Trinajstić information content (AvgIpc) is 2.13. The van der Waals surface area contributed by atoms with Crippen LogP contribution in [0, 0.1) is 12.8 Å². The van der Waals surface area contributed by atoms with E-state index in [2.05, 4.69) is 18.6 Å². The van der Waals surface area contributed by atoms with Crippen molar-refractivity contribution in [2.75, 3.05) is 5.73 Å². The highest BCUT2D eigenvalue weighted by Crippen LogP contribution is 2.17. The summed E-state index contributed by atoms with van der Waals surface area (Å²) in [6.07, 6.45) is 0.806. The SMILES string of the molecule is Cc1cc(N)cc(S(=O)(=O)NC(C)CC(C)C)c1. The Morgan fingerprint density at radius 2 is 1.83 bits per heavy atom. The average molecular weight is 270 g/mol. The van der Waals surface area contributed by atoms with Gasteiger partial charge in [-0.2, -0.15) is 0 Å². The molecule has 1 atom stereocenters. The van der Waals surface area contributed by atoms with Crippen LogP contribution in [0.15, 0.2) is 23.1 Å². The number of aryl methyl sites for hydroxylation is 1. The maximum absolute atomic E-state index is 12.2. The molecule has 0 heterocycles. The van der Waals surface area contributed by atoms with E-state index in [-0.39, 0.29) is 10.9 Å². The Morgan fingerprint density at radius 3 is 2.33 bits per heavy atom. The second-order valence-corrected chi connectivity index (χ2v) is 6.95. The van der Waals surface area contributed by atoms with Crippen LogP contribution in [0.5, 0.6) is 0 Å². The molecule has 3 N–H and O–H groups in total. The van der Waals surface area contributed by atoms with E-state index in [1.54, 1.807) is 12.1 Å². The van der Waals surface area contributed by atoms with E-state index in [1.165, 1.54) is 6.07 Å². The predicted molar refractivity (Wildman–Crippen MR) is 74.8 cm³/mol. The van der Waals surface area contributed by atoms with E-state index >= 15 is 0 Å². The van der Waals surface area contributed by atoms with Crippen molar-refractivity contribution in [2.45, 2.75) is 45.1 Å². The molecule has 0 aliphatic carbocycles. The first-order valence-corrected chi connectivity index (χ1v) is 7.58. The minimum absolute atomic E-state index is 0.0864. The molecule has 0 aliphatic heterocycles. The molecule has 4 nitrogen and oxygen atoms in total. The number of anilines is 1. The van der Waals surface area contributed by atoms with Crippen LogP contribution in [0.3, 0.4) is 0 Å². The molecule has 0 saturated heterocycles. The van der Waals surface area contributed by atoms with Gasteiger partial charge < -0.3 is 5.73 Å². The fourth-order valence-electron chi connectivity index (χ4n) is 2.02. The molecular formula is C13H22N2O2S. The van der Waals surface area contributed by atoms with Gasteiger partial charge in [-0.15, -0.1) is 0 Å². The van der Waals surface area contributed by atoms with Crippen LogP contribution in [0.25, 0.3) is 0 Å². The van der Waals surface area contributed by atoms with E-state index in [0.717, 1.165) is 12.0 Å². The van der Waals surface area contributed by atoms with E-state index < -0.39 is 10.0 Å². The van der Waals surface area contributed by atoms with Crippen molar-refractivity contribution in [3.63, 3.8) is 0 Å². The van der Waals surface area contributed by atoms with Gasteiger partial charge in [0, 0.05) is 11.7 Å².